The van der Waals surface area contributed by atoms with Crippen molar-refractivity contribution in [2.45, 2.75) is 291 Å². The average molecular weight is 2120 g/mol. The molecule has 0 saturated heterocycles. The second-order valence-corrected chi connectivity index (χ2v) is 38.0. The van der Waals surface area contributed by atoms with Crippen molar-refractivity contribution in [1.29, 1.82) is 0 Å². The average Bonchev–Trinajstić information content (AvgIpc) is 0.713. The van der Waals surface area contributed by atoms with Crippen LogP contribution in [-0.4, -0.2) is 284 Å². The lowest BCUT2D eigenvalue weighted by atomic mass is 9.83. The molecule has 7 amide bonds. The fraction of sp³-hybridized carbons (Fsp3) is 0.688. The van der Waals surface area contributed by atoms with Crippen molar-refractivity contribution in [3.8, 4) is 11.5 Å². The van der Waals surface area contributed by atoms with Gasteiger partial charge in [0, 0.05) is 111 Å². The number of ether oxygens (including phenoxy) is 1. The second kappa shape index (κ2) is 51.7. The van der Waals surface area contributed by atoms with Gasteiger partial charge in [0.1, 0.15) is 24.6 Å². The van der Waals surface area contributed by atoms with Gasteiger partial charge in [-0.3, -0.25) is 33.6 Å². The minimum absolute atomic E-state index is 0.0337. The van der Waals surface area contributed by atoms with Gasteiger partial charge in [-0.1, -0.05) is 101 Å². The molecule has 3 aliphatic heterocycles. The number of nitrogens with zero attached hydrogens (tertiary/aromatic N) is 8. The highest BCUT2D eigenvalue weighted by molar-refractivity contribution is 6.04. The van der Waals surface area contributed by atoms with Crippen molar-refractivity contribution in [2.24, 2.45) is 40.1 Å². The summed E-state index contributed by atoms with van der Waals surface area (Å²) in [6, 6.07) is 9.52. The summed E-state index contributed by atoms with van der Waals surface area (Å²) < 4.78 is 389. The van der Waals surface area contributed by atoms with Gasteiger partial charge in [-0.25, -0.2) is 4.58 Å². The number of allylic oxidation sites excluding steroid dienone is 2. The predicted octanol–water partition coefficient (Wildman–Crippen LogP) is 16.2. The molecular weight excluding hydrogens is 1990 g/mol. The Hall–Kier alpha value is -9.36. The molecule has 0 fully saturated rings. The summed E-state index contributed by atoms with van der Waals surface area (Å²) in [5.74, 6) is -84.5. The molecule has 3 aromatic rings. The van der Waals surface area contributed by atoms with Crippen LogP contribution in [0.2, 0.25) is 0 Å². The fourth-order valence-corrected chi connectivity index (χ4v) is 17.6. The molecule has 14 N–H and O–H groups in total. The fourth-order valence-electron chi connectivity index (χ4n) is 17.6. The summed E-state index contributed by atoms with van der Waals surface area (Å²) in [6.45, 7) is 1.51. The van der Waals surface area contributed by atoms with Gasteiger partial charge >= 0.3 is 71.6 Å². The van der Waals surface area contributed by atoms with Gasteiger partial charge in [-0.15, -0.1) is 0 Å². The second-order valence-electron chi connectivity index (χ2n) is 38.0. The number of unbranched alkanes of at least 4 members (excludes halogenated alkanes) is 18. The molecule has 0 atom stereocenters. The Bertz CT molecular complexity index is 5060. The van der Waals surface area contributed by atoms with E-state index in [4.69, 9.17) is 44.9 Å². The molecule has 0 aliphatic carbocycles. The van der Waals surface area contributed by atoms with E-state index < -0.39 is 212 Å². The van der Waals surface area contributed by atoms with Crippen LogP contribution in [0.25, 0.3) is 16.7 Å². The maximum absolute atomic E-state index is 16.4. The number of primary amides is 1. The molecule has 3 aromatic carbocycles. The van der Waals surface area contributed by atoms with Crippen molar-refractivity contribution in [3.63, 3.8) is 0 Å². The molecule has 3 aliphatic rings. The van der Waals surface area contributed by atoms with Crippen LogP contribution >= 0.6 is 0 Å². The Morgan fingerprint density at radius 2 is 0.676 bits per heavy atom. The molecule has 0 saturated carbocycles. The van der Waals surface area contributed by atoms with Crippen LogP contribution in [0.4, 0.5) is 120 Å². The van der Waals surface area contributed by atoms with Crippen LogP contribution in [0.5, 0.6) is 11.5 Å². The van der Waals surface area contributed by atoms with Crippen molar-refractivity contribution < 1.29 is 152 Å². The number of hydrogen-bond acceptors (Lipinski definition) is 15. The number of halogens is 26. The van der Waals surface area contributed by atoms with Gasteiger partial charge in [-0.2, -0.15) is 114 Å². The first-order chi connectivity index (χ1) is 67.2. The zero-order chi connectivity index (χ0) is 109. The lowest BCUT2D eigenvalue weighted by Gasteiger charge is -2.45. The summed E-state index contributed by atoms with van der Waals surface area (Å²) in [7, 11) is 0. The van der Waals surface area contributed by atoms with E-state index in [2.05, 4.69) is 0 Å². The molecule has 0 radical (unpaired) electrons. The number of rotatable bonds is 64. The number of amides is 7. The van der Waals surface area contributed by atoms with Crippen molar-refractivity contribution in [2.75, 3.05) is 136 Å². The molecular formula is C96H134F26N15O8+. The predicted molar refractivity (Wildman–Crippen MR) is 493 cm³/mol. The lowest BCUT2D eigenvalue weighted by molar-refractivity contribution is -0.440. The van der Waals surface area contributed by atoms with Crippen molar-refractivity contribution in [1.82, 2.24) is 34.0 Å². The molecule has 145 heavy (non-hydrogen) atoms. The third-order valence-electron chi connectivity index (χ3n) is 26.0. The van der Waals surface area contributed by atoms with E-state index in [1.54, 1.807) is 0 Å². The highest BCUT2D eigenvalue weighted by atomic mass is 19.4. The zero-order valence-corrected chi connectivity index (χ0v) is 82.0. The largest absolute Gasteiger partial charge is 0.460 e. The SMILES string of the molecule is CC1=CC(C)(C)N(CCC(F)(F)C(F)(F)C(F)(F)C(F)(F)C(F)(F)C(F)(F)F)c2cc3c(cc21)C(c1ccccc1C(=O)N(CCCCCCN)CC(=O)N(CCCCCCN)CC(=O)N(CCCCCCN)CC(=O)N(CCCCCCN)CC(=O)N(CCCCCCN)CC(=O)N(CCCCCCN)CC(N)=O)=c1cc2c(cc1O3)=[N+](CCC(F)(F)C(F)(F)C(F)(F)C(F)(F)C(F)(F)C(F)(F)F)C(C)(C)C=C2C. The van der Waals surface area contributed by atoms with Crippen molar-refractivity contribution >= 4 is 63.8 Å². The summed E-state index contributed by atoms with van der Waals surface area (Å²) in [6.07, 6.45) is -6.61. The molecule has 0 bridgehead atoms. The first-order valence-electron chi connectivity index (χ1n) is 48.3. The van der Waals surface area contributed by atoms with E-state index in [1.807, 2.05) is 0 Å². The number of anilines is 1. The van der Waals surface area contributed by atoms with E-state index >= 15 is 71.9 Å². The Kier molecular flexibility index (Phi) is 44.3. The lowest BCUT2D eigenvalue weighted by Crippen LogP contribution is -2.70. The van der Waals surface area contributed by atoms with Crippen LogP contribution in [0.1, 0.15) is 241 Å². The van der Waals surface area contributed by atoms with E-state index in [0.29, 0.717) is 164 Å². The van der Waals surface area contributed by atoms with Crippen LogP contribution in [-0.2, 0) is 28.8 Å². The Labute approximate surface area is 824 Å². The smallest absolute Gasteiger partial charge is 0.456 e. The van der Waals surface area contributed by atoms with Gasteiger partial charge in [-0.05, 0) is 185 Å². The molecule has 49 heteroatoms. The molecule has 3 heterocycles. The molecule has 0 spiro atoms. The minimum atomic E-state index is -8.28. The minimum Gasteiger partial charge on any atom is -0.456 e. The summed E-state index contributed by atoms with van der Waals surface area (Å²) in [4.78, 5) is 113. The Balaban J connectivity index is 1.60. The zero-order valence-electron chi connectivity index (χ0n) is 82.0. The van der Waals surface area contributed by atoms with Gasteiger partial charge < -0.3 is 79.2 Å². The summed E-state index contributed by atoms with van der Waals surface area (Å²) in [5, 5.41) is -0.685. The van der Waals surface area contributed by atoms with Gasteiger partial charge in [0.15, 0.2) is 5.54 Å². The molecule has 6 rings (SSSR count). The summed E-state index contributed by atoms with van der Waals surface area (Å²) >= 11 is 0. The monoisotopic (exact) mass is 2120 g/mol. The standard InChI is InChI=1S/C96H133F26N15O8/c1-63-55-83(3,4)136(49-35-85(97,98)87(101,102)89(105,106)91(109,110)93(113,114)95(117,118)119)71-53-73-69(51-67(63)71)81(70-52-68-64(2)56-84(5,6)137(72(68)54-74(70)145-73)50-36-86(99,100)88(103,104)90(107,108)92(111,112)94(115,116)96(120,121)122)65-33-19-20-34-66(65)82(144)135(48-32-18-12-26-42-128)62-80(143)134(47-31-17-11-25-41-127)61-79(142)133(46-30-16-10-24-40-126)60-78(141)132(45-29-15-9-23-39-125)59-77(140)131(44-28-14-8-22-38-124)58-76(139)130(57-75(129)138)43-27-13-7-21-37-123/h19-20,33-34,51-56H,7-18,21-32,35-50,57-62,123-128H2,1-6H3,(H-,129,138)/p+1. The number of hydrogen-bond donors (Lipinski definition) is 7. The maximum Gasteiger partial charge on any atom is 0.460 e. The maximum atomic E-state index is 16.4. The number of carbonyl (C=O) groups excluding carboxylic acids is 7. The normalized spacial score (nSPS) is 14.9. The first kappa shape index (κ1) is 124. The molecule has 822 valence electrons. The molecule has 0 aromatic heterocycles. The molecule has 23 nitrogen and oxygen atoms in total. The first-order valence-corrected chi connectivity index (χ1v) is 48.3. The highest BCUT2D eigenvalue weighted by Crippen LogP contribution is 2.63. The number of carbonyl (C=O) groups is 7. The third kappa shape index (κ3) is 29.4. The van der Waals surface area contributed by atoms with Gasteiger partial charge in [0.05, 0.1) is 50.7 Å². The van der Waals surface area contributed by atoms with E-state index in [0.717, 1.165) is 51.1 Å². The Morgan fingerprint density at radius 1 is 0.352 bits per heavy atom. The number of nitrogens with two attached hydrogens (primary N) is 7. The van der Waals surface area contributed by atoms with Crippen LogP contribution in [0.15, 0.2) is 60.7 Å². The van der Waals surface area contributed by atoms with Crippen LogP contribution < -0.4 is 64.9 Å². The van der Waals surface area contributed by atoms with Gasteiger partial charge in [0.25, 0.3) is 5.91 Å². The number of alkyl halides is 26. The molecule has 0 unspecified atom stereocenters. The van der Waals surface area contributed by atoms with E-state index in [-0.39, 0.29) is 121 Å². The van der Waals surface area contributed by atoms with Gasteiger partial charge in [0.2, 0.25) is 40.8 Å². The number of benzene rings is 3. The van der Waals surface area contributed by atoms with E-state index in [9.17, 15) is 75.8 Å². The van der Waals surface area contributed by atoms with Crippen molar-refractivity contribution in [3.05, 3.63) is 99.1 Å². The third-order valence-corrected chi connectivity index (χ3v) is 26.0. The number of fused-ring (bicyclic) bond motifs is 4. The quantitative estimate of drug-likeness (QED) is 0.0123. The Morgan fingerprint density at radius 3 is 1.03 bits per heavy atom. The highest BCUT2D eigenvalue weighted by Gasteiger charge is 2.92. The topological polar surface area (TPSA) is 337 Å². The summed E-state index contributed by atoms with van der Waals surface area (Å²) in [5.41, 5.74) is 35.2. The van der Waals surface area contributed by atoms with E-state index in [1.165, 1.54) is 86.9 Å². The van der Waals surface area contributed by atoms with Crippen LogP contribution in [0, 0.1) is 0 Å². The van der Waals surface area contributed by atoms with Crippen LogP contribution in [0.3, 0.4) is 0 Å².